The summed E-state index contributed by atoms with van der Waals surface area (Å²) in [5.41, 5.74) is 1.54. The lowest BCUT2D eigenvalue weighted by molar-refractivity contribution is -0.122. The average molecular weight is 319 g/mol. The Bertz CT molecular complexity index is 728. The first kappa shape index (κ1) is 17.3. The van der Waals surface area contributed by atoms with Gasteiger partial charge in [0.25, 0.3) is 0 Å². The molecule has 0 aliphatic rings. The Morgan fingerprint density at radius 2 is 2.00 bits per heavy atom. The molecule has 23 heavy (non-hydrogen) atoms. The number of carbonyl (C=O) groups excluding carboxylic acids is 1. The van der Waals surface area contributed by atoms with Crippen molar-refractivity contribution in [2.75, 3.05) is 6.54 Å². The maximum absolute atomic E-state index is 11.8. The molecule has 0 radical (unpaired) electrons. The number of aromatic nitrogens is 2. The first-order chi connectivity index (χ1) is 10.8. The Morgan fingerprint density at radius 3 is 2.70 bits per heavy atom. The summed E-state index contributed by atoms with van der Waals surface area (Å²) in [7, 11) is 0. The van der Waals surface area contributed by atoms with Gasteiger partial charge in [-0.1, -0.05) is 19.9 Å². The van der Waals surface area contributed by atoms with Crippen LogP contribution in [-0.4, -0.2) is 33.1 Å². The number of H-pyrrole nitrogens is 2. The van der Waals surface area contributed by atoms with E-state index in [1.165, 1.54) is 0 Å². The van der Waals surface area contributed by atoms with Gasteiger partial charge in [0.05, 0.1) is 16.6 Å². The zero-order chi connectivity index (χ0) is 17.0. The van der Waals surface area contributed by atoms with Gasteiger partial charge in [-0.25, -0.2) is 4.79 Å². The van der Waals surface area contributed by atoms with E-state index in [1.54, 1.807) is 6.92 Å². The molecule has 1 heterocycles. The van der Waals surface area contributed by atoms with E-state index in [0.29, 0.717) is 6.42 Å². The zero-order valence-corrected chi connectivity index (χ0v) is 13.9. The molecule has 4 N–H and O–H groups in total. The van der Waals surface area contributed by atoms with E-state index in [1.807, 2.05) is 32.0 Å². The standard InChI is InChI=1S/C17H25N3O3/c1-11(2)17(3,23)10-18-15(21)6-4-5-12-7-8-13-14(9-12)20-16(22)19-13/h7-9,11,23H,4-6,10H2,1-3H3,(H,18,21)(H2,19,20,22). The van der Waals surface area contributed by atoms with Gasteiger partial charge in [0.15, 0.2) is 0 Å². The molecule has 2 rings (SSSR count). The number of nitrogens with one attached hydrogen (secondary N) is 3. The second kappa shape index (κ2) is 7.00. The maximum atomic E-state index is 11.8. The number of aliphatic hydroxyl groups is 1. The summed E-state index contributed by atoms with van der Waals surface area (Å²) in [5.74, 6) is 0.0279. The highest BCUT2D eigenvalue weighted by Gasteiger charge is 2.25. The zero-order valence-electron chi connectivity index (χ0n) is 13.9. The summed E-state index contributed by atoms with van der Waals surface area (Å²) >= 11 is 0. The fourth-order valence-corrected chi connectivity index (χ4v) is 2.26. The van der Waals surface area contributed by atoms with Crippen LogP contribution >= 0.6 is 0 Å². The quantitative estimate of drug-likeness (QED) is 0.625. The van der Waals surface area contributed by atoms with Crippen LogP contribution in [0.4, 0.5) is 0 Å². The molecule has 1 unspecified atom stereocenters. The second-order valence-electron chi connectivity index (χ2n) is 6.60. The Morgan fingerprint density at radius 1 is 1.30 bits per heavy atom. The summed E-state index contributed by atoms with van der Waals surface area (Å²) < 4.78 is 0. The molecule has 0 spiro atoms. The SMILES string of the molecule is CC(C)C(C)(O)CNC(=O)CCCc1ccc2[nH]c(=O)[nH]c2c1. The van der Waals surface area contributed by atoms with Crippen LogP contribution < -0.4 is 11.0 Å². The van der Waals surface area contributed by atoms with E-state index in [-0.39, 0.29) is 24.1 Å². The van der Waals surface area contributed by atoms with Gasteiger partial charge in [-0.15, -0.1) is 0 Å². The average Bonchev–Trinajstić information content (AvgIpc) is 2.84. The second-order valence-corrected chi connectivity index (χ2v) is 6.60. The fourth-order valence-electron chi connectivity index (χ4n) is 2.26. The number of hydrogen-bond acceptors (Lipinski definition) is 3. The highest BCUT2D eigenvalue weighted by Crippen LogP contribution is 2.15. The van der Waals surface area contributed by atoms with Crippen molar-refractivity contribution in [3.63, 3.8) is 0 Å². The third kappa shape index (κ3) is 4.69. The molecular formula is C17H25N3O3. The van der Waals surface area contributed by atoms with Crippen molar-refractivity contribution in [2.45, 2.75) is 45.6 Å². The van der Waals surface area contributed by atoms with Gasteiger partial charge in [0.2, 0.25) is 5.91 Å². The smallest absolute Gasteiger partial charge is 0.323 e. The Kier molecular flexibility index (Phi) is 5.26. The van der Waals surface area contributed by atoms with Gasteiger partial charge in [-0.2, -0.15) is 0 Å². The molecule has 0 fully saturated rings. The predicted octanol–water partition coefficient (Wildman–Crippen LogP) is 1.70. The predicted molar refractivity (Wildman–Crippen MR) is 90.3 cm³/mol. The topological polar surface area (TPSA) is 98.0 Å². The van der Waals surface area contributed by atoms with Crippen molar-refractivity contribution in [3.05, 3.63) is 34.2 Å². The normalized spacial score (nSPS) is 14.1. The molecule has 1 atom stereocenters. The van der Waals surface area contributed by atoms with Crippen molar-refractivity contribution in [1.82, 2.24) is 15.3 Å². The number of aromatic amines is 2. The molecule has 1 aromatic carbocycles. The van der Waals surface area contributed by atoms with Gasteiger partial charge in [-0.05, 0) is 43.4 Å². The van der Waals surface area contributed by atoms with Gasteiger partial charge < -0.3 is 20.4 Å². The van der Waals surface area contributed by atoms with Crippen molar-refractivity contribution < 1.29 is 9.90 Å². The third-order valence-electron chi connectivity index (χ3n) is 4.34. The van der Waals surface area contributed by atoms with Gasteiger partial charge in [0.1, 0.15) is 0 Å². The number of aryl methyl sites for hydroxylation is 1. The lowest BCUT2D eigenvalue weighted by Gasteiger charge is -2.27. The molecule has 0 aliphatic heterocycles. The minimum Gasteiger partial charge on any atom is -0.388 e. The van der Waals surface area contributed by atoms with Crippen molar-refractivity contribution in [1.29, 1.82) is 0 Å². The summed E-state index contributed by atoms with van der Waals surface area (Å²) in [6.07, 6.45) is 1.89. The van der Waals surface area contributed by atoms with Crippen LogP contribution in [0.25, 0.3) is 11.0 Å². The fraction of sp³-hybridized carbons (Fsp3) is 0.529. The van der Waals surface area contributed by atoms with Crippen LogP contribution in [0.3, 0.4) is 0 Å². The van der Waals surface area contributed by atoms with Crippen LogP contribution in [0.2, 0.25) is 0 Å². The molecule has 0 aliphatic carbocycles. The van der Waals surface area contributed by atoms with E-state index in [2.05, 4.69) is 15.3 Å². The van der Waals surface area contributed by atoms with E-state index in [4.69, 9.17) is 0 Å². The Labute approximate surface area is 135 Å². The largest absolute Gasteiger partial charge is 0.388 e. The molecule has 0 saturated carbocycles. The lowest BCUT2D eigenvalue weighted by atomic mass is 9.92. The molecule has 2 aromatic rings. The van der Waals surface area contributed by atoms with Crippen LogP contribution in [0.1, 0.15) is 39.2 Å². The number of imidazole rings is 1. The minimum absolute atomic E-state index is 0.0537. The van der Waals surface area contributed by atoms with Crippen LogP contribution in [0.5, 0.6) is 0 Å². The van der Waals surface area contributed by atoms with E-state index in [9.17, 15) is 14.7 Å². The molecule has 6 heteroatoms. The van der Waals surface area contributed by atoms with Crippen LogP contribution in [0, 0.1) is 5.92 Å². The number of fused-ring (bicyclic) bond motifs is 1. The number of benzene rings is 1. The van der Waals surface area contributed by atoms with Gasteiger partial charge in [0, 0.05) is 13.0 Å². The highest BCUT2D eigenvalue weighted by atomic mass is 16.3. The Hall–Kier alpha value is -2.08. The lowest BCUT2D eigenvalue weighted by Crippen LogP contribution is -2.44. The number of hydrogen-bond donors (Lipinski definition) is 4. The highest BCUT2D eigenvalue weighted by molar-refractivity contribution is 5.76. The van der Waals surface area contributed by atoms with Crippen molar-refractivity contribution in [3.8, 4) is 0 Å². The van der Waals surface area contributed by atoms with Crippen molar-refractivity contribution in [2.24, 2.45) is 5.92 Å². The van der Waals surface area contributed by atoms with E-state index >= 15 is 0 Å². The van der Waals surface area contributed by atoms with Crippen LogP contribution in [-0.2, 0) is 11.2 Å². The first-order valence-corrected chi connectivity index (χ1v) is 7.98. The molecule has 1 aromatic heterocycles. The summed E-state index contributed by atoms with van der Waals surface area (Å²) in [5, 5.41) is 12.9. The summed E-state index contributed by atoms with van der Waals surface area (Å²) in [6.45, 7) is 5.84. The van der Waals surface area contributed by atoms with E-state index in [0.717, 1.165) is 29.4 Å². The first-order valence-electron chi connectivity index (χ1n) is 7.98. The molecule has 1 amide bonds. The summed E-state index contributed by atoms with van der Waals surface area (Å²) in [6, 6.07) is 5.74. The van der Waals surface area contributed by atoms with E-state index < -0.39 is 5.60 Å². The van der Waals surface area contributed by atoms with Crippen LogP contribution in [0.15, 0.2) is 23.0 Å². The molecule has 0 bridgehead atoms. The number of rotatable bonds is 7. The van der Waals surface area contributed by atoms with Gasteiger partial charge in [-0.3, -0.25) is 4.79 Å². The Balaban J connectivity index is 1.79. The molecule has 0 saturated heterocycles. The molecular weight excluding hydrogens is 294 g/mol. The molecule has 126 valence electrons. The summed E-state index contributed by atoms with van der Waals surface area (Å²) in [4.78, 5) is 28.5. The number of amides is 1. The maximum Gasteiger partial charge on any atom is 0.323 e. The number of carbonyl (C=O) groups is 1. The molecule has 6 nitrogen and oxygen atoms in total. The minimum atomic E-state index is -0.888. The van der Waals surface area contributed by atoms with Crippen molar-refractivity contribution >= 4 is 16.9 Å². The third-order valence-corrected chi connectivity index (χ3v) is 4.34. The van der Waals surface area contributed by atoms with Gasteiger partial charge >= 0.3 is 5.69 Å². The monoisotopic (exact) mass is 319 g/mol.